The van der Waals surface area contributed by atoms with Gasteiger partial charge in [-0.25, -0.2) is 0 Å². The van der Waals surface area contributed by atoms with E-state index in [0.29, 0.717) is 36.1 Å². The Labute approximate surface area is 257 Å². The van der Waals surface area contributed by atoms with Crippen molar-refractivity contribution < 1.29 is 14.4 Å². The molecule has 1 atom stereocenters. The SMILES string of the molecule is CC(=O)NC1(c2ccccc2)CCN(CCC2(c3ccc(Cl)c(Cl)c3)CN(Cc3ccccc3)C(=O)C(=O)N2C)CC1. The minimum atomic E-state index is -0.806. The van der Waals surface area contributed by atoms with Gasteiger partial charge in [0.15, 0.2) is 0 Å². The van der Waals surface area contributed by atoms with Gasteiger partial charge >= 0.3 is 11.8 Å². The van der Waals surface area contributed by atoms with Gasteiger partial charge in [-0.2, -0.15) is 0 Å². The first kappa shape index (κ1) is 30.1. The zero-order valence-electron chi connectivity index (χ0n) is 24.0. The second-order valence-corrected chi connectivity index (χ2v) is 12.2. The van der Waals surface area contributed by atoms with Crippen LogP contribution >= 0.6 is 23.2 Å². The lowest BCUT2D eigenvalue weighted by molar-refractivity contribution is -0.164. The zero-order chi connectivity index (χ0) is 29.9. The number of carbonyl (C=O) groups is 3. The Kier molecular flexibility index (Phi) is 8.92. The zero-order valence-corrected chi connectivity index (χ0v) is 25.5. The highest BCUT2D eigenvalue weighted by molar-refractivity contribution is 6.42. The number of halogens is 2. The van der Waals surface area contributed by atoms with E-state index in [1.165, 1.54) is 0 Å². The molecule has 3 aromatic rings. The molecule has 7 nitrogen and oxygen atoms in total. The molecule has 0 spiro atoms. The number of likely N-dealkylation sites (tertiary alicyclic amines) is 1. The number of hydrogen-bond donors (Lipinski definition) is 1. The van der Waals surface area contributed by atoms with E-state index >= 15 is 0 Å². The number of nitrogens with one attached hydrogen (secondary N) is 1. The van der Waals surface area contributed by atoms with Gasteiger partial charge in [-0.15, -0.1) is 0 Å². The summed E-state index contributed by atoms with van der Waals surface area (Å²) in [7, 11) is 1.70. The normalized spacial score (nSPS) is 21.0. The molecule has 0 aromatic heterocycles. The molecule has 2 heterocycles. The van der Waals surface area contributed by atoms with Crippen molar-refractivity contribution in [3.8, 4) is 0 Å². The average Bonchev–Trinajstić information content (AvgIpc) is 3.00. The molecule has 0 aliphatic carbocycles. The molecular formula is C33H36Cl2N4O3. The van der Waals surface area contributed by atoms with Crippen molar-refractivity contribution in [1.29, 1.82) is 0 Å². The van der Waals surface area contributed by atoms with Crippen LogP contribution in [0.3, 0.4) is 0 Å². The summed E-state index contributed by atoms with van der Waals surface area (Å²) in [4.78, 5) is 44.5. The van der Waals surface area contributed by atoms with E-state index in [9.17, 15) is 14.4 Å². The minimum absolute atomic E-state index is 0.0450. The maximum absolute atomic E-state index is 13.5. The number of hydrogen-bond acceptors (Lipinski definition) is 4. The fourth-order valence-corrected chi connectivity index (χ4v) is 6.74. The van der Waals surface area contributed by atoms with Gasteiger partial charge < -0.3 is 20.0 Å². The van der Waals surface area contributed by atoms with Crippen molar-refractivity contribution in [1.82, 2.24) is 20.0 Å². The van der Waals surface area contributed by atoms with Gasteiger partial charge in [-0.05, 0) is 48.1 Å². The summed E-state index contributed by atoms with van der Waals surface area (Å²) in [5, 5.41) is 4.08. The van der Waals surface area contributed by atoms with Gasteiger partial charge in [0.05, 0.1) is 21.1 Å². The van der Waals surface area contributed by atoms with Gasteiger partial charge in [0.25, 0.3) is 0 Å². The van der Waals surface area contributed by atoms with E-state index in [-0.39, 0.29) is 5.91 Å². The average molecular weight is 608 g/mol. The second-order valence-electron chi connectivity index (χ2n) is 11.4. The minimum Gasteiger partial charge on any atom is -0.347 e. The Morgan fingerprint density at radius 3 is 2.12 bits per heavy atom. The number of benzene rings is 3. The van der Waals surface area contributed by atoms with E-state index in [4.69, 9.17) is 23.2 Å². The van der Waals surface area contributed by atoms with Crippen LogP contribution in [0.15, 0.2) is 78.9 Å². The predicted octanol–water partition coefficient (Wildman–Crippen LogP) is 5.21. The molecule has 2 aliphatic rings. The molecule has 5 rings (SSSR count). The second kappa shape index (κ2) is 12.5. The summed E-state index contributed by atoms with van der Waals surface area (Å²) in [6.07, 6.45) is 2.12. The third-order valence-electron chi connectivity index (χ3n) is 8.84. The Balaban J connectivity index is 1.41. The fourth-order valence-electron chi connectivity index (χ4n) is 6.44. The van der Waals surface area contributed by atoms with E-state index in [2.05, 4.69) is 22.3 Å². The molecule has 1 unspecified atom stereocenters. The summed E-state index contributed by atoms with van der Waals surface area (Å²) in [6, 6.07) is 25.3. The van der Waals surface area contributed by atoms with Gasteiger partial charge in [0.2, 0.25) is 5.91 Å². The molecule has 0 bridgehead atoms. The molecule has 3 aromatic carbocycles. The van der Waals surface area contributed by atoms with Crippen LogP contribution in [0.1, 0.15) is 42.9 Å². The van der Waals surface area contributed by atoms with Gasteiger partial charge in [0, 0.05) is 46.7 Å². The van der Waals surface area contributed by atoms with Crippen molar-refractivity contribution in [2.75, 3.05) is 33.2 Å². The van der Waals surface area contributed by atoms with Crippen LogP contribution in [0.25, 0.3) is 0 Å². The van der Waals surface area contributed by atoms with Crippen LogP contribution in [0.2, 0.25) is 10.0 Å². The summed E-state index contributed by atoms with van der Waals surface area (Å²) >= 11 is 12.8. The maximum atomic E-state index is 13.5. The highest BCUT2D eigenvalue weighted by Crippen LogP contribution is 2.40. The highest BCUT2D eigenvalue weighted by atomic mass is 35.5. The Bertz CT molecular complexity index is 1440. The Hall–Kier alpha value is -3.39. The van der Waals surface area contributed by atoms with Crippen LogP contribution in [-0.4, -0.2) is 65.6 Å². The van der Waals surface area contributed by atoms with E-state index in [1.54, 1.807) is 29.8 Å². The lowest BCUT2D eigenvalue weighted by atomic mass is 9.79. The first-order chi connectivity index (χ1) is 20.1. The highest BCUT2D eigenvalue weighted by Gasteiger charge is 2.49. The molecule has 0 radical (unpaired) electrons. The van der Waals surface area contributed by atoms with Crippen LogP contribution in [0.4, 0.5) is 0 Å². The van der Waals surface area contributed by atoms with Crippen LogP contribution in [0, 0.1) is 0 Å². The number of amides is 3. The fraction of sp³-hybridized carbons (Fsp3) is 0.364. The monoisotopic (exact) mass is 606 g/mol. The first-order valence-corrected chi connectivity index (χ1v) is 15.0. The van der Waals surface area contributed by atoms with Crippen molar-refractivity contribution in [2.45, 2.75) is 43.8 Å². The van der Waals surface area contributed by atoms with Gasteiger partial charge in [-0.1, -0.05) is 89.9 Å². The quantitative estimate of drug-likeness (QED) is 0.357. The topological polar surface area (TPSA) is 73.0 Å². The molecule has 42 heavy (non-hydrogen) atoms. The molecule has 9 heteroatoms. The first-order valence-electron chi connectivity index (χ1n) is 14.3. The third-order valence-corrected chi connectivity index (χ3v) is 9.57. The molecule has 3 amide bonds. The molecular weight excluding hydrogens is 571 g/mol. The summed E-state index contributed by atoms with van der Waals surface area (Å²) in [6.45, 7) is 4.47. The van der Waals surface area contributed by atoms with Gasteiger partial charge in [-0.3, -0.25) is 14.4 Å². The smallest absolute Gasteiger partial charge is 0.312 e. The molecule has 220 valence electrons. The van der Waals surface area contributed by atoms with Crippen molar-refractivity contribution in [3.05, 3.63) is 106 Å². The molecule has 0 saturated carbocycles. The molecule has 2 fully saturated rings. The van der Waals surface area contributed by atoms with E-state index in [1.807, 2.05) is 60.7 Å². The van der Waals surface area contributed by atoms with Crippen molar-refractivity contribution >= 4 is 40.9 Å². The molecule has 2 aliphatic heterocycles. The van der Waals surface area contributed by atoms with Crippen molar-refractivity contribution in [2.24, 2.45) is 0 Å². The summed E-state index contributed by atoms with van der Waals surface area (Å²) in [5.74, 6) is -1.11. The third kappa shape index (κ3) is 6.05. The number of rotatable bonds is 8. The van der Waals surface area contributed by atoms with E-state index < -0.39 is 22.9 Å². The standard InChI is InChI=1S/C33H36Cl2N4O3/c1-24(40)36-32(26-11-7-4-8-12-26)15-18-38(19-16-32)20-17-33(27-13-14-28(34)29(35)21-27)23-39(31(42)30(41)37(33)2)22-25-9-5-3-6-10-25/h3-14,21H,15-20,22-23H2,1-2H3,(H,36,40). The summed E-state index contributed by atoms with van der Waals surface area (Å²) < 4.78 is 0. The lowest BCUT2D eigenvalue weighted by Gasteiger charge is -2.50. The Morgan fingerprint density at radius 1 is 0.857 bits per heavy atom. The van der Waals surface area contributed by atoms with Crippen LogP contribution in [0.5, 0.6) is 0 Å². The van der Waals surface area contributed by atoms with Crippen LogP contribution < -0.4 is 5.32 Å². The molecule has 1 N–H and O–H groups in total. The van der Waals surface area contributed by atoms with E-state index in [0.717, 1.165) is 42.6 Å². The number of piperazine rings is 1. The lowest BCUT2D eigenvalue weighted by Crippen LogP contribution is -2.64. The van der Waals surface area contributed by atoms with Crippen molar-refractivity contribution in [3.63, 3.8) is 0 Å². The maximum Gasteiger partial charge on any atom is 0.312 e. The Morgan fingerprint density at radius 2 is 1.50 bits per heavy atom. The van der Waals surface area contributed by atoms with Gasteiger partial charge in [0.1, 0.15) is 0 Å². The van der Waals surface area contributed by atoms with Crippen LogP contribution in [-0.2, 0) is 32.0 Å². The number of nitrogens with zero attached hydrogens (tertiary/aromatic N) is 3. The predicted molar refractivity (Wildman–Crippen MR) is 165 cm³/mol. The number of piperidine rings is 1. The number of carbonyl (C=O) groups excluding carboxylic acids is 3. The largest absolute Gasteiger partial charge is 0.347 e. The molecule has 2 saturated heterocycles. The summed E-state index contributed by atoms with van der Waals surface area (Å²) in [5.41, 5.74) is 1.69. The number of likely N-dealkylation sites (N-methyl/N-ethyl adjacent to an activating group) is 1.